The molecule has 1 aliphatic carbocycles. The summed E-state index contributed by atoms with van der Waals surface area (Å²) in [5.41, 5.74) is 7.17. The summed E-state index contributed by atoms with van der Waals surface area (Å²) in [6.07, 6.45) is 10.6. The summed E-state index contributed by atoms with van der Waals surface area (Å²) in [6.45, 7) is 5.03. The standard InChI is InChI=1S/C23H25N7O3/c1-16(2)33-19-5-3-18(4-6-19)30-22(24)27-23(28-30)26-21-8-7-20(13-17(21)14-31)32-12-11-29-10-9-25-15-29/h3-10,13,15-16,21H,11-12H2,1-2H3,(H3,24,26,27,28). The monoisotopic (exact) mass is 447 g/mol. The summed E-state index contributed by atoms with van der Waals surface area (Å²) in [5, 5.41) is 7.52. The molecule has 4 rings (SSSR count). The van der Waals surface area contributed by atoms with Gasteiger partial charge in [0, 0.05) is 12.4 Å². The van der Waals surface area contributed by atoms with E-state index in [1.165, 1.54) is 4.68 Å². The Balaban J connectivity index is 1.39. The Kier molecular flexibility index (Phi) is 6.56. The van der Waals surface area contributed by atoms with Crippen LogP contribution in [0.5, 0.6) is 5.75 Å². The molecule has 1 aliphatic rings. The zero-order valence-electron chi connectivity index (χ0n) is 18.4. The highest BCUT2D eigenvalue weighted by molar-refractivity contribution is 5.65. The molecule has 0 fully saturated rings. The van der Waals surface area contributed by atoms with Crippen molar-refractivity contribution in [2.45, 2.75) is 32.5 Å². The van der Waals surface area contributed by atoms with Crippen molar-refractivity contribution in [1.29, 1.82) is 0 Å². The van der Waals surface area contributed by atoms with E-state index < -0.39 is 6.04 Å². The van der Waals surface area contributed by atoms with Crippen molar-refractivity contribution in [2.24, 2.45) is 0 Å². The van der Waals surface area contributed by atoms with Crippen LogP contribution in [0.1, 0.15) is 13.8 Å². The SMILES string of the molecule is CC(C)Oc1ccc(-n2nc(NC3C=CC(OCCn4ccnc4)=CC3=C=O)nc2N)cc1. The van der Waals surface area contributed by atoms with Crippen LogP contribution in [0.4, 0.5) is 11.9 Å². The average molecular weight is 447 g/mol. The summed E-state index contributed by atoms with van der Waals surface area (Å²) < 4.78 is 14.8. The number of nitrogens with two attached hydrogens (primary N) is 1. The number of hydrogen-bond acceptors (Lipinski definition) is 8. The van der Waals surface area contributed by atoms with Crippen LogP contribution in [0, 0.1) is 0 Å². The Bertz CT molecular complexity index is 1190. The van der Waals surface area contributed by atoms with Gasteiger partial charge in [0.1, 0.15) is 24.1 Å². The molecule has 10 heteroatoms. The normalized spacial score (nSPS) is 15.3. The second-order valence-electron chi connectivity index (χ2n) is 7.60. The molecule has 2 heterocycles. The molecule has 0 spiro atoms. The van der Waals surface area contributed by atoms with E-state index in [2.05, 4.69) is 20.4 Å². The lowest BCUT2D eigenvalue weighted by molar-refractivity contribution is 0.211. The van der Waals surface area contributed by atoms with Gasteiger partial charge in [0.25, 0.3) is 0 Å². The number of nitrogen functional groups attached to an aromatic ring is 1. The molecule has 0 radical (unpaired) electrons. The van der Waals surface area contributed by atoms with E-state index in [4.69, 9.17) is 15.2 Å². The maximum absolute atomic E-state index is 11.5. The molecule has 0 saturated heterocycles. The Morgan fingerprint density at radius 1 is 1.27 bits per heavy atom. The zero-order valence-corrected chi connectivity index (χ0v) is 18.4. The second kappa shape index (κ2) is 9.88. The topological polar surface area (TPSA) is 122 Å². The van der Waals surface area contributed by atoms with Crippen LogP contribution in [-0.4, -0.2) is 49.0 Å². The second-order valence-corrected chi connectivity index (χ2v) is 7.60. The third kappa shape index (κ3) is 5.50. The first-order chi connectivity index (χ1) is 16.0. The number of aromatic nitrogens is 5. The lowest BCUT2D eigenvalue weighted by Crippen LogP contribution is -2.22. The number of imidazole rings is 1. The fourth-order valence-electron chi connectivity index (χ4n) is 3.23. The predicted octanol–water partition coefficient (Wildman–Crippen LogP) is 2.54. The van der Waals surface area contributed by atoms with Crippen molar-refractivity contribution in [3.05, 3.63) is 72.5 Å². The van der Waals surface area contributed by atoms with Gasteiger partial charge in [-0.2, -0.15) is 9.67 Å². The highest BCUT2D eigenvalue weighted by atomic mass is 16.5. The van der Waals surface area contributed by atoms with Gasteiger partial charge in [-0.05, 0) is 50.3 Å². The molecule has 2 aromatic heterocycles. The van der Waals surface area contributed by atoms with Crippen LogP contribution in [0.25, 0.3) is 5.69 Å². The number of nitrogens with one attached hydrogen (secondary N) is 1. The average Bonchev–Trinajstić information content (AvgIpc) is 3.44. The molecule has 10 nitrogen and oxygen atoms in total. The highest BCUT2D eigenvalue weighted by Gasteiger charge is 2.19. The summed E-state index contributed by atoms with van der Waals surface area (Å²) in [4.78, 5) is 19.8. The molecule has 3 aromatic rings. The number of hydrogen-bond donors (Lipinski definition) is 2. The first-order valence-corrected chi connectivity index (χ1v) is 10.5. The molecule has 0 bridgehead atoms. The third-order valence-corrected chi connectivity index (χ3v) is 4.75. The van der Waals surface area contributed by atoms with Gasteiger partial charge in [0.2, 0.25) is 11.9 Å². The minimum Gasteiger partial charge on any atom is -0.492 e. The smallest absolute Gasteiger partial charge is 0.245 e. The van der Waals surface area contributed by atoms with Crippen LogP contribution in [0.3, 0.4) is 0 Å². The van der Waals surface area contributed by atoms with Gasteiger partial charge in [0.15, 0.2) is 0 Å². The largest absolute Gasteiger partial charge is 0.492 e. The number of carbonyl (C=O) groups excluding carboxylic acids is 1. The third-order valence-electron chi connectivity index (χ3n) is 4.75. The molecule has 33 heavy (non-hydrogen) atoms. The van der Waals surface area contributed by atoms with Crippen molar-refractivity contribution in [2.75, 3.05) is 17.7 Å². The Morgan fingerprint density at radius 2 is 2.09 bits per heavy atom. The predicted molar refractivity (Wildman–Crippen MR) is 124 cm³/mol. The van der Waals surface area contributed by atoms with Crippen LogP contribution >= 0.6 is 0 Å². The fourth-order valence-corrected chi connectivity index (χ4v) is 3.23. The molecular formula is C23H25N7O3. The Labute approximate surface area is 191 Å². The minimum absolute atomic E-state index is 0.0864. The van der Waals surface area contributed by atoms with E-state index in [9.17, 15) is 4.79 Å². The highest BCUT2D eigenvalue weighted by Crippen LogP contribution is 2.22. The van der Waals surface area contributed by atoms with Gasteiger partial charge >= 0.3 is 0 Å². The van der Waals surface area contributed by atoms with E-state index in [1.807, 2.05) is 54.8 Å². The van der Waals surface area contributed by atoms with Crippen molar-refractivity contribution in [1.82, 2.24) is 24.3 Å². The van der Waals surface area contributed by atoms with Gasteiger partial charge in [-0.25, -0.2) is 9.78 Å². The van der Waals surface area contributed by atoms with Gasteiger partial charge < -0.3 is 25.1 Å². The molecular weight excluding hydrogens is 422 g/mol. The van der Waals surface area contributed by atoms with Crippen LogP contribution in [0.2, 0.25) is 0 Å². The van der Waals surface area contributed by atoms with Crippen molar-refractivity contribution in [3.8, 4) is 11.4 Å². The molecule has 0 aliphatic heterocycles. The summed E-state index contributed by atoms with van der Waals surface area (Å²) in [5.74, 6) is 3.79. The Morgan fingerprint density at radius 3 is 2.79 bits per heavy atom. The number of benzene rings is 1. The van der Waals surface area contributed by atoms with Crippen molar-refractivity contribution >= 4 is 17.8 Å². The van der Waals surface area contributed by atoms with Crippen molar-refractivity contribution < 1.29 is 14.3 Å². The maximum atomic E-state index is 11.5. The van der Waals surface area contributed by atoms with Gasteiger partial charge in [-0.15, -0.1) is 5.10 Å². The zero-order chi connectivity index (χ0) is 23.2. The molecule has 1 aromatic carbocycles. The molecule has 0 amide bonds. The number of anilines is 2. The Hall–Kier alpha value is -4.30. The van der Waals surface area contributed by atoms with E-state index in [1.54, 1.807) is 30.8 Å². The minimum atomic E-state index is -0.458. The first-order valence-electron chi connectivity index (χ1n) is 10.5. The molecule has 0 saturated carbocycles. The first kappa shape index (κ1) is 21.9. The lowest BCUT2D eigenvalue weighted by atomic mass is 10.0. The maximum Gasteiger partial charge on any atom is 0.245 e. The number of rotatable bonds is 9. The lowest BCUT2D eigenvalue weighted by Gasteiger charge is -2.18. The number of allylic oxidation sites excluding steroid dienone is 1. The van der Waals surface area contributed by atoms with Gasteiger partial charge in [-0.3, -0.25) is 0 Å². The van der Waals surface area contributed by atoms with E-state index in [0.29, 0.717) is 24.5 Å². The van der Waals surface area contributed by atoms with Crippen LogP contribution < -0.4 is 15.8 Å². The number of ether oxygens (including phenoxy) is 2. The van der Waals surface area contributed by atoms with E-state index in [0.717, 1.165) is 11.4 Å². The van der Waals surface area contributed by atoms with Gasteiger partial charge in [-0.1, -0.05) is 6.08 Å². The molecule has 170 valence electrons. The van der Waals surface area contributed by atoms with Crippen LogP contribution in [0.15, 0.2) is 72.5 Å². The summed E-state index contributed by atoms with van der Waals surface area (Å²) in [7, 11) is 0. The summed E-state index contributed by atoms with van der Waals surface area (Å²) in [6, 6.07) is 6.93. The van der Waals surface area contributed by atoms with Crippen molar-refractivity contribution in [3.63, 3.8) is 0 Å². The van der Waals surface area contributed by atoms with Gasteiger partial charge in [0.05, 0.1) is 36.3 Å². The van der Waals surface area contributed by atoms with E-state index in [-0.39, 0.29) is 18.0 Å². The van der Waals surface area contributed by atoms with E-state index >= 15 is 0 Å². The molecule has 1 atom stereocenters. The quantitative estimate of drug-likeness (QED) is 0.480. The number of nitrogens with zero attached hydrogens (tertiary/aromatic N) is 5. The molecule has 1 unspecified atom stereocenters. The molecule has 3 N–H and O–H groups in total. The summed E-state index contributed by atoms with van der Waals surface area (Å²) >= 11 is 0. The van der Waals surface area contributed by atoms with Crippen LogP contribution in [-0.2, 0) is 16.1 Å². The fraction of sp³-hybridized carbons (Fsp3) is 0.261.